The van der Waals surface area contributed by atoms with Gasteiger partial charge in [-0.1, -0.05) is 0 Å². The highest BCUT2D eigenvalue weighted by molar-refractivity contribution is 6.25. The third kappa shape index (κ3) is 3.10. The number of nitrogens with zero attached hydrogens (tertiary/aromatic N) is 1. The van der Waals surface area contributed by atoms with Crippen LogP contribution in [0.4, 0.5) is 23.2 Å². The Morgan fingerprint density at radius 2 is 1.79 bits per heavy atom. The summed E-state index contributed by atoms with van der Waals surface area (Å²) in [6, 6.07) is 1.06. The van der Waals surface area contributed by atoms with Crippen molar-refractivity contribution in [3.05, 3.63) is 40.5 Å². The molecule has 0 spiro atoms. The zero-order valence-electron chi connectivity index (χ0n) is 15.1. The van der Waals surface area contributed by atoms with Gasteiger partial charge in [-0.25, -0.2) is 9.37 Å². The normalized spacial score (nSPS) is 14.8. The van der Waals surface area contributed by atoms with Crippen LogP contribution >= 0.6 is 0 Å². The van der Waals surface area contributed by atoms with Crippen molar-refractivity contribution in [2.24, 2.45) is 5.73 Å². The lowest BCUT2D eigenvalue weighted by Crippen LogP contribution is -2.25. The number of hydrogen-bond acceptors (Lipinski definition) is 5. The van der Waals surface area contributed by atoms with E-state index in [0.717, 1.165) is 25.1 Å². The summed E-state index contributed by atoms with van der Waals surface area (Å²) in [5, 5.41) is 16.0. The molecule has 5 nitrogen and oxygen atoms in total. The number of aromatic nitrogens is 1. The van der Waals surface area contributed by atoms with Crippen LogP contribution in [-0.4, -0.2) is 22.6 Å². The molecule has 1 aromatic carbocycles. The average molecular weight is 393 g/mol. The molecule has 0 unspecified atom stereocenters. The Labute approximate surface area is 158 Å². The van der Waals surface area contributed by atoms with Gasteiger partial charge < -0.3 is 16.9 Å². The first-order valence-electron chi connectivity index (χ1n) is 8.65. The monoisotopic (exact) mass is 393 g/mol. The van der Waals surface area contributed by atoms with Crippen molar-refractivity contribution in [3.8, 4) is 0 Å². The van der Waals surface area contributed by atoms with Crippen LogP contribution in [0.1, 0.15) is 42.1 Å². The summed E-state index contributed by atoms with van der Waals surface area (Å²) in [6.07, 6.45) is -1.67. The molecular weight excluding hydrogens is 374 g/mol. The molecule has 1 heterocycles. The molecule has 1 aromatic heterocycles. The van der Waals surface area contributed by atoms with Crippen LogP contribution < -0.4 is 11.5 Å². The number of allylic oxidation sites excluding steroid dienone is 1. The number of benzene rings is 1. The molecule has 0 amide bonds. The van der Waals surface area contributed by atoms with E-state index in [-0.39, 0.29) is 28.2 Å². The topological polar surface area (TPSA) is 113 Å². The molecule has 148 valence electrons. The third-order valence-electron chi connectivity index (χ3n) is 4.93. The Kier molecular flexibility index (Phi) is 4.86. The van der Waals surface area contributed by atoms with Crippen molar-refractivity contribution in [2.75, 3.05) is 5.73 Å². The summed E-state index contributed by atoms with van der Waals surface area (Å²) >= 11 is 0. The fraction of sp³-hybridized carbons (Fsp3) is 0.316. The molecule has 6 N–H and O–H groups in total. The minimum absolute atomic E-state index is 0.0435. The smallest absolute Gasteiger partial charge is 0.404 e. The number of aryl methyl sites for hydroxylation is 1. The number of fused-ring (bicyclic) bond motifs is 3. The SMILES string of the molecule is CC(=N)c1c(N)c(F)cc2nc(/C(=C/N)C(=N)C(F)(F)F)c3c(c12)CCCC3. The number of halogens is 4. The van der Waals surface area contributed by atoms with E-state index in [0.29, 0.717) is 29.4 Å². The lowest BCUT2D eigenvalue weighted by molar-refractivity contribution is -0.0578. The molecule has 0 bridgehead atoms. The summed E-state index contributed by atoms with van der Waals surface area (Å²) in [5.41, 5.74) is 10.5. The predicted octanol–water partition coefficient (Wildman–Crippen LogP) is 4.10. The Balaban J connectivity index is 2.43. The van der Waals surface area contributed by atoms with E-state index < -0.39 is 23.3 Å². The number of nitrogens with one attached hydrogen (secondary N) is 2. The average Bonchev–Trinajstić information content (AvgIpc) is 2.62. The van der Waals surface area contributed by atoms with Crippen LogP contribution in [-0.2, 0) is 12.8 Å². The lowest BCUT2D eigenvalue weighted by atomic mass is 9.83. The van der Waals surface area contributed by atoms with Gasteiger partial charge in [0.15, 0.2) is 0 Å². The minimum Gasteiger partial charge on any atom is -0.404 e. The Hall–Kier alpha value is -2.97. The predicted molar refractivity (Wildman–Crippen MR) is 101 cm³/mol. The van der Waals surface area contributed by atoms with Gasteiger partial charge >= 0.3 is 6.18 Å². The molecule has 0 atom stereocenters. The fourth-order valence-electron chi connectivity index (χ4n) is 3.72. The summed E-state index contributed by atoms with van der Waals surface area (Å²) in [4.78, 5) is 4.26. The number of pyridine rings is 1. The van der Waals surface area contributed by atoms with E-state index in [2.05, 4.69) is 4.98 Å². The van der Waals surface area contributed by atoms with Crippen molar-refractivity contribution < 1.29 is 17.6 Å². The molecule has 9 heteroatoms. The van der Waals surface area contributed by atoms with Gasteiger partial charge in [-0.15, -0.1) is 0 Å². The summed E-state index contributed by atoms with van der Waals surface area (Å²) < 4.78 is 53.8. The van der Waals surface area contributed by atoms with E-state index in [1.165, 1.54) is 6.92 Å². The van der Waals surface area contributed by atoms with Gasteiger partial charge in [0.2, 0.25) is 0 Å². The molecule has 3 rings (SSSR count). The number of nitrogen functional groups attached to an aromatic ring is 1. The number of hydrogen-bond donors (Lipinski definition) is 4. The maximum Gasteiger partial charge on any atom is 0.433 e. The zero-order chi connectivity index (χ0) is 20.8. The van der Waals surface area contributed by atoms with Gasteiger partial charge in [0.25, 0.3) is 0 Å². The van der Waals surface area contributed by atoms with Crippen molar-refractivity contribution in [3.63, 3.8) is 0 Å². The maximum absolute atomic E-state index is 14.3. The zero-order valence-corrected chi connectivity index (χ0v) is 15.1. The van der Waals surface area contributed by atoms with Crippen molar-refractivity contribution >= 4 is 33.6 Å². The number of rotatable bonds is 3. The van der Waals surface area contributed by atoms with Crippen molar-refractivity contribution in [1.82, 2.24) is 4.98 Å². The Morgan fingerprint density at radius 1 is 1.18 bits per heavy atom. The van der Waals surface area contributed by atoms with Gasteiger partial charge in [-0.3, -0.25) is 5.41 Å². The molecular formula is C19H19F4N5. The van der Waals surface area contributed by atoms with Crippen molar-refractivity contribution in [1.29, 1.82) is 10.8 Å². The second-order valence-corrected chi connectivity index (χ2v) is 6.74. The number of anilines is 1. The Bertz CT molecular complexity index is 1040. The molecule has 0 fully saturated rings. The second-order valence-electron chi connectivity index (χ2n) is 6.74. The number of nitrogens with two attached hydrogens (primary N) is 2. The number of alkyl halides is 3. The molecule has 2 aromatic rings. The lowest BCUT2D eigenvalue weighted by Gasteiger charge is -2.24. The quantitative estimate of drug-likeness (QED) is 0.358. The van der Waals surface area contributed by atoms with E-state index in [4.69, 9.17) is 22.3 Å². The van der Waals surface area contributed by atoms with Crippen LogP contribution in [0.5, 0.6) is 0 Å². The van der Waals surface area contributed by atoms with Gasteiger partial charge in [-0.2, -0.15) is 13.2 Å². The van der Waals surface area contributed by atoms with Crippen LogP contribution in [0.25, 0.3) is 16.5 Å². The molecule has 1 aliphatic rings. The molecule has 0 aliphatic heterocycles. The first-order valence-corrected chi connectivity index (χ1v) is 8.65. The van der Waals surface area contributed by atoms with Crippen LogP contribution in [0.3, 0.4) is 0 Å². The highest BCUT2D eigenvalue weighted by Gasteiger charge is 2.39. The highest BCUT2D eigenvalue weighted by Crippen LogP contribution is 2.38. The Morgan fingerprint density at radius 3 is 2.32 bits per heavy atom. The minimum atomic E-state index is -4.90. The largest absolute Gasteiger partial charge is 0.433 e. The van der Waals surface area contributed by atoms with Gasteiger partial charge in [-0.05, 0) is 43.7 Å². The maximum atomic E-state index is 14.3. The van der Waals surface area contributed by atoms with Crippen LogP contribution in [0, 0.1) is 16.6 Å². The second kappa shape index (κ2) is 6.88. The molecule has 0 saturated carbocycles. The van der Waals surface area contributed by atoms with Crippen LogP contribution in [0.15, 0.2) is 12.3 Å². The van der Waals surface area contributed by atoms with Gasteiger partial charge in [0.1, 0.15) is 11.5 Å². The molecule has 0 radical (unpaired) electrons. The van der Waals surface area contributed by atoms with E-state index in [9.17, 15) is 17.6 Å². The standard InChI is InChI=1S/C19H19F4N5/c1-8(25)14-15-9-4-2-3-5-10(9)17(11(7-24)18(27)19(21,22)23)28-13(15)6-12(20)16(14)26/h6-7,25,27H,2-5,24,26H2,1H3/b11-7-,25-8?,27-18?. The molecule has 1 aliphatic carbocycles. The summed E-state index contributed by atoms with van der Waals surface area (Å²) in [6.45, 7) is 1.47. The van der Waals surface area contributed by atoms with Gasteiger partial charge in [0, 0.05) is 34.5 Å². The van der Waals surface area contributed by atoms with Crippen LogP contribution in [0.2, 0.25) is 0 Å². The third-order valence-corrected chi connectivity index (χ3v) is 4.93. The first kappa shape index (κ1) is 19.8. The van der Waals surface area contributed by atoms with E-state index >= 15 is 0 Å². The highest BCUT2D eigenvalue weighted by atomic mass is 19.4. The van der Waals surface area contributed by atoms with E-state index in [1.807, 2.05) is 0 Å². The molecule has 28 heavy (non-hydrogen) atoms. The van der Waals surface area contributed by atoms with Gasteiger partial charge in [0.05, 0.1) is 16.9 Å². The molecule has 0 saturated heterocycles. The first-order chi connectivity index (χ1) is 13.1. The van der Waals surface area contributed by atoms with E-state index in [1.54, 1.807) is 0 Å². The summed E-state index contributed by atoms with van der Waals surface area (Å²) in [7, 11) is 0. The van der Waals surface area contributed by atoms with Crippen molar-refractivity contribution in [2.45, 2.75) is 38.8 Å². The fourth-order valence-corrected chi connectivity index (χ4v) is 3.72. The summed E-state index contributed by atoms with van der Waals surface area (Å²) in [5.74, 6) is -0.799.